The van der Waals surface area contributed by atoms with Crippen LogP contribution in [0, 0.1) is 0 Å². The van der Waals surface area contributed by atoms with Crippen LogP contribution in [0.5, 0.6) is 0 Å². The van der Waals surface area contributed by atoms with E-state index in [0.29, 0.717) is 6.10 Å². The van der Waals surface area contributed by atoms with Gasteiger partial charge in [0, 0.05) is 41.8 Å². The number of ether oxygens (including phenoxy) is 1. The average molecular weight is 293 g/mol. The van der Waals surface area contributed by atoms with Crippen molar-refractivity contribution in [2.45, 2.75) is 39.0 Å². The molecule has 2 heterocycles. The number of nitrogens with one attached hydrogen (secondary N) is 1. The van der Waals surface area contributed by atoms with Gasteiger partial charge in [-0.05, 0) is 37.1 Å². The van der Waals surface area contributed by atoms with Crippen LogP contribution in [0.25, 0.3) is 10.9 Å². The van der Waals surface area contributed by atoms with Crippen LogP contribution in [0.3, 0.4) is 0 Å². The minimum atomic E-state index is 0.344. The Bertz CT molecular complexity index is 587. The predicted molar refractivity (Wildman–Crippen MR) is 83.3 cm³/mol. The molecule has 0 amide bonds. The Kier molecular flexibility index (Phi) is 4.29. The van der Waals surface area contributed by atoms with Gasteiger partial charge in [-0.15, -0.1) is 0 Å². The van der Waals surface area contributed by atoms with Gasteiger partial charge in [0.25, 0.3) is 0 Å². The second-order valence-electron chi connectivity index (χ2n) is 5.38. The lowest BCUT2D eigenvalue weighted by molar-refractivity contribution is 0.0980. The monoisotopic (exact) mass is 292 g/mol. The first kappa shape index (κ1) is 13.9. The highest BCUT2D eigenvalue weighted by Gasteiger charge is 2.18. The molecule has 1 aliphatic rings. The van der Waals surface area contributed by atoms with Crippen molar-refractivity contribution in [3.8, 4) is 0 Å². The van der Waals surface area contributed by atoms with Crippen molar-refractivity contribution in [2.24, 2.45) is 0 Å². The Morgan fingerprint density at radius 2 is 2.35 bits per heavy atom. The number of halogens is 1. The first-order valence-electron chi connectivity index (χ1n) is 7.37. The summed E-state index contributed by atoms with van der Waals surface area (Å²) in [5.74, 6) is 0. The molecule has 1 aromatic heterocycles. The third kappa shape index (κ3) is 2.85. The Hall–Kier alpha value is -1.03. The molecule has 4 heteroatoms. The minimum Gasteiger partial charge on any atom is -0.376 e. The summed E-state index contributed by atoms with van der Waals surface area (Å²) in [6.45, 7) is 5.82. The maximum atomic E-state index is 6.16. The highest BCUT2D eigenvalue weighted by molar-refractivity contribution is 6.31. The second kappa shape index (κ2) is 6.17. The quantitative estimate of drug-likeness (QED) is 0.911. The standard InChI is InChI=1S/C16H21ClN2O/c1-2-18-9-12-10-19(11-14-4-3-7-20-14)16-8-13(17)5-6-15(12)16/h5-6,8,10,14,18H,2-4,7,9,11H2,1H3. The molecule has 2 aromatic rings. The van der Waals surface area contributed by atoms with Crippen LogP contribution in [-0.4, -0.2) is 23.8 Å². The van der Waals surface area contributed by atoms with E-state index in [1.165, 1.54) is 22.9 Å². The number of rotatable bonds is 5. The fourth-order valence-corrected chi connectivity index (χ4v) is 3.07. The number of hydrogen-bond acceptors (Lipinski definition) is 2. The van der Waals surface area contributed by atoms with Gasteiger partial charge < -0.3 is 14.6 Å². The molecule has 0 bridgehead atoms. The van der Waals surface area contributed by atoms with Crippen molar-refractivity contribution in [1.82, 2.24) is 9.88 Å². The van der Waals surface area contributed by atoms with Crippen LogP contribution in [0.2, 0.25) is 5.02 Å². The van der Waals surface area contributed by atoms with E-state index >= 15 is 0 Å². The van der Waals surface area contributed by atoms with Crippen LogP contribution >= 0.6 is 11.6 Å². The van der Waals surface area contributed by atoms with E-state index in [-0.39, 0.29) is 0 Å². The molecule has 0 radical (unpaired) electrons. The zero-order valence-electron chi connectivity index (χ0n) is 11.9. The second-order valence-corrected chi connectivity index (χ2v) is 5.82. The number of hydrogen-bond donors (Lipinski definition) is 1. The number of benzene rings is 1. The van der Waals surface area contributed by atoms with Crippen molar-refractivity contribution < 1.29 is 4.74 Å². The van der Waals surface area contributed by atoms with Gasteiger partial charge in [0.1, 0.15) is 0 Å². The Labute approximate surface area is 124 Å². The lowest BCUT2D eigenvalue weighted by Crippen LogP contribution is -2.14. The van der Waals surface area contributed by atoms with Crippen LogP contribution in [0.4, 0.5) is 0 Å². The van der Waals surface area contributed by atoms with E-state index in [0.717, 1.165) is 37.7 Å². The summed E-state index contributed by atoms with van der Waals surface area (Å²) in [7, 11) is 0. The van der Waals surface area contributed by atoms with Gasteiger partial charge in [-0.25, -0.2) is 0 Å². The first-order chi connectivity index (χ1) is 9.78. The first-order valence-corrected chi connectivity index (χ1v) is 7.75. The third-order valence-corrected chi connectivity index (χ3v) is 4.15. The molecular weight excluding hydrogens is 272 g/mol. The summed E-state index contributed by atoms with van der Waals surface area (Å²) in [6, 6.07) is 6.15. The maximum Gasteiger partial charge on any atom is 0.0754 e. The fourth-order valence-electron chi connectivity index (χ4n) is 2.90. The maximum absolute atomic E-state index is 6.16. The molecule has 1 unspecified atom stereocenters. The topological polar surface area (TPSA) is 26.2 Å². The number of aromatic nitrogens is 1. The Balaban J connectivity index is 1.94. The summed E-state index contributed by atoms with van der Waals surface area (Å²) in [5, 5.41) is 5.48. The number of nitrogens with zero attached hydrogens (tertiary/aromatic N) is 1. The van der Waals surface area contributed by atoms with Gasteiger partial charge in [-0.3, -0.25) is 0 Å². The Morgan fingerprint density at radius 1 is 1.45 bits per heavy atom. The Morgan fingerprint density at radius 3 is 3.10 bits per heavy atom. The average Bonchev–Trinajstić information content (AvgIpc) is 3.06. The highest BCUT2D eigenvalue weighted by Crippen LogP contribution is 2.26. The van der Waals surface area contributed by atoms with E-state index in [1.54, 1.807) is 0 Å². The fraction of sp³-hybridized carbons (Fsp3) is 0.500. The van der Waals surface area contributed by atoms with Gasteiger partial charge in [0.05, 0.1) is 6.10 Å². The van der Waals surface area contributed by atoms with E-state index in [4.69, 9.17) is 16.3 Å². The third-order valence-electron chi connectivity index (χ3n) is 3.92. The predicted octanol–water partition coefficient (Wildman–Crippen LogP) is 3.58. The summed E-state index contributed by atoms with van der Waals surface area (Å²) in [4.78, 5) is 0. The van der Waals surface area contributed by atoms with Crippen molar-refractivity contribution in [3.63, 3.8) is 0 Å². The number of fused-ring (bicyclic) bond motifs is 1. The SMILES string of the molecule is CCNCc1cn(CC2CCCO2)c2cc(Cl)ccc12. The normalized spacial score (nSPS) is 19.0. The van der Waals surface area contributed by atoms with Crippen molar-refractivity contribution >= 4 is 22.5 Å². The van der Waals surface area contributed by atoms with E-state index < -0.39 is 0 Å². The van der Waals surface area contributed by atoms with E-state index in [1.807, 2.05) is 6.07 Å². The molecule has 1 N–H and O–H groups in total. The van der Waals surface area contributed by atoms with Crippen LogP contribution < -0.4 is 5.32 Å². The zero-order valence-corrected chi connectivity index (χ0v) is 12.6. The minimum absolute atomic E-state index is 0.344. The lowest BCUT2D eigenvalue weighted by atomic mass is 10.2. The summed E-state index contributed by atoms with van der Waals surface area (Å²) < 4.78 is 8.05. The van der Waals surface area contributed by atoms with E-state index in [9.17, 15) is 0 Å². The van der Waals surface area contributed by atoms with Crippen molar-refractivity contribution in [2.75, 3.05) is 13.2 Å². The molecule has 108 valence electrons. The molecule has 0 saturated carbocycles. The molecule has 3 nitrogen and oxygen atoms in total. The van der Waals surface area contributed by atoms with Gasteiger partial charge in [-0.1, -0.05) is 24.6 Å². The van der Waals surface area contributed by atoms with Gasteiger partial charge in [-0.2, -0.15) is 0 Å². The van der Waals surface area contributed by atoms with E-state index in [2.05, 4.69) is 35.1 Å². The largest absolute Gasteiger partial charge is 0.376 e. The molecule has 1 aromatic carbocycles. The lowest BCUT2D eigenvalue weighted by Gasteiger charge is -2.11. The molecule has 0 spiro atoms. The molecule has 0 aliphatic carbocycles. The van der Waals surface area contributed by atoms with Gasteiger partial charge >= 0.3 is 0 Å². The summed E-state index contributed by atoms with van der Waals surface area (Å²) in [5.41, 5.74) is 2.54. The molecule has 1 atom stereocenters. The molecule has 1 fully saturated rings. The molecule has 3 rings (SSSR count). The van der Waals surface area contributed by atoms with Crippen molar-refractivity contribution in [3.05, 3.63) is 35.0 Å². The smallest absolute Gasteiger partial charge is 0.0754 e. The summed E-state index contributed by atoms with van der Waals surface area (Å²) in [6.07, 6.45) is 4.92. The molecule has 1 aliphatic heterocycles. The summed E-state index contributed by atoms with van der Waals surface area (Å²) >= 11 is 6.16. The van der Waals surface area contributed by atoms with Gasteiger partial charge in [0.2, 0.25) is 0 Å². The van der Waals surface area contributed by atoms with Gasteiger partial charge in [0.15, 0.2) is 0 Å². The van der Waals surface area contributed by atoms with Crippen molar-refractivity contribution in [1.29, 1.82) is 0 Å². The molecule has 20 heavy (non-hydrogen) atoms. The van der Waals surface area contributed by atoms with Crippen LogP contribution in [0.1, 0.15) is 25.3 Å². The highest BCUT2D eigenvalue weighted by atomic mass is 35.5. The van der Waals surface area contributed by atoms with Crippen LogP contribution in [0.15, 0.2) is 24.4 Å². The zero-order chi connectivity index (χ0) is 13.9. The molecule has 1 saturated heterocycles. The molecular formula is C16H21ClN2O. The van der Waals surface area contributed by atoms with Crippen LogP contribution in [-0.2, 0) is 17.8 Å².